The molecular formula is C18H16N2O7S2. The van der Waals surface area contributed by atoms with E-state index >= 15 is 0 Å². The number of hydrogen-bond acceptors (Lipinski definition) is 7. The van der Waals surface area contributed by atoms with E-state index in [0.29, 0.717) is 5.69 Å². The molecular weight excluding hydrogens is 420 g/mol. The van der Waals surface area contributed by atoms with Crippen molar-refractivity contribution in [3.05, 3.63) is 53.6 Å². The standard InChI is InChI=1S/C18H16N2O7S2/c1-10-4-3-5-11(2)16(10)19-20-17-14-7-6-13(28(22,23)24)8-12(14)9-15(18(17)21)29(25,26)27/h3-9,21H,1-2H3,(H,22,23,24)(H,25,26,27). The zero-order chi connectivity index (χ0) is 21.6. The number of phenolic OH excluding ortho intramolecular Hbond substituents is 1. The summed E-state index contributed by atoms with van der Waals surface area (Å²) in [7, 11) is -9.42. The van der Waals surface area contributed by atoms with Gasteiger partial charge in [-0.25, -0.2) is 0 Å². The third kappa shape index (κ3) is 4.12. The fraction of sp³-hybridized carbons (Fsp3) is 0.111. The van der Waals surface area contributed by atoms with Gasteiger partial charge in [-0.05, 0) is 48.6 Å². The molecule has 0 aliphatic rings. The molecule has 0 heterocycles. The lowest BCUT2D eigenvalue weighted by atomic mass is 10.1. The van der Waals surface area contributed by atoms with E-state index in [2.05, 4.69) is 10.2 Å². The Hall–Kier alpha value is -2.86. The van der Waals surface area contributed by atoms with Gasteiger partial charge in [-0.1, -0.05) is 24.3 Å². The summed E-state index contributed by atoms with van der Waals surface area (Å²) in [6.45, 7) is 3.60. The van der Waals surface area contributed by atoms with Crippen LogP contribution < -0.4 is 0 Å². The van der Waals surface area contributed by atoms with E-state index in [1.165, 1.54) is 6.07 Å². The lowest BCUT2D eigenvalue weighted by molar-refractivity contribution is 0.445. The van der Waals surface area contributed by atoms with Crippen LogP contribution in [-0.2, 0) is 20.2 Å². The maximum atomic E-state index is 11.7. The van der Waals surface area contributed by atoms with Crippen molar-refractivity contribution in [3.8, 4) is 5.75 Å². The predicted molar refractivity (Wildman–Crippen MR) is 105 cm³/mol. The number of aromatic hydroxyl groups is 1. The number of aryl methyl sites for hydroxylation is 2. The third-order valence-corrected chi connectivity index (χ3v) is 6.00. The number of benzene rings is 3. The molecule has 0 aromatic heterocycles. The van der Waals surface area contributed by atoms with Gasteiger partial charge in [0, 0.05) is 5.39 Å². The molecule has 0 fully saturated rings. The van der Waals surface area contributed by atoms with Crippen LogP contribution in [0.15, 0.2) is 62.5 Å². The number of hydrogen-bond donors (Lipinski definition) is 3. The van der Waals surface area contributed by atoms with Crippen LogP contribution in [0.25, 0.3) is 10.8 Å². The molecule has 9 nitrogen and oxygen atoms in total. The molecule has 0 spiro atoms. The van der Waals surface area contributed by atoms with Crippen LogP contribution in [0.2, 0.25) is 0 Å². The summed E-state index contributed by atoms with van der Waals surface area (Å²) in [4.78, 5) is -1.36. The summed E-state index contributed by atoms with van der Waals surface area (Å²) >= 11 is 0. The van der Waals surface area contributed by atoms with Crippen molar-refractivity contribution in [2.75, 3.05) is 0 Å². The van der Waals surface area contributed by atoms with E-state index in [-0.39, 0.29) is 16.5 Å². The van der Waals surface area contributed by atoms with E-state index in [0.717, 1.165) is 29.3 Å². The highest BCUT2D eigenvalue weighted by atomic mass is 32.2. The highest BCUT2D eigenvalue weighted by molar-refractivity contribution is 7.86. The van der Waals surface area contributed by atoms with E-state index in [9.17, 15) is 31.0 Å². The minimum atomic E-state index is -4.86. The molecule has 3 aromatic rings. The largest absolute Gasteiger partial charge is 0.504 e. The Morgan fingerprint density at radius 3 is 1.93 bits per heavy atom. The molecule has 3 N–H and O–H groups in total. The zero-order valence-electron chi connectivity index (χ0n) is 15.2. The molecule has 152 valence electrons. The third-order valence-electron chi connectivity index (χ3n) is 4.29. The average molecular weight is 436 g/mol. The lowest BCUT2D eigenvalue weighted by Crippen LogP contribution is -2.00. The van der Waals surface area contributed by atoms with Crippen LogP contribution in [0.3, 0.4) is 0 Å². The van der Waals surface area contributed by atoms with E-state index in [1.807, 2.05) is 6.07 Å². The van der Waals surface area contributed by atoms with Crippen LogP contribution in [-0.4, -0.2) is 31.0 Å². The van der Waals surface area contributed by atoms with Gasteiger partial charge < -0.3 is 5.11 Å². The van der Waals surface area contributed by atoms with Crippen LogP contribution in [0, 0.1) is 13.8 Å². The molecule has 0 atom stereocenters. The molecule has 3 rings (SSSR count). The van der Waals surface area contributed by atoms with Crippen molar-refractivity contribution < 1.29 is 31.0 Å². The van der Waals surface area contributed by atoms with Gasteiger partial charge in [0.15, 0.2) is 5.75 Å². The number of fused-ring (bicyclic) bond motifs is 1. The summed E-state index contributed by atoms with van der Waals surface area (Å²) in [5.41, 5.74) is 1.81. The van der Waals surface area contributed by atoms with E-state index in [4.69, 9.17) is 0 Å². The smallest absolute Gasteiger partial charge is 0.298 e. The number of rotatable bonds is 4. The van der Waals surface area contributed by atoms with Crippen LogP contribution in [0.4, 0.5) is 11.4 Å². The minimum Gasteiger partial charge on any atom is -0.504 e. The second-order valence-corrected chi connectivity index (χ2v) is 9.16. The quantitative estimate of drug-likeness (QED) is 0.411. The Morgan fingerprint density at radius 2 is 1.38 bits per heavy atom. The van der Waals surface area contributed by atoms with Crippen molar-refractivity contribution in [2.24, 2.45) is 10.2 Å². The van der Waals surface area contributed by atoms with Crippen molar-refractivity contribution in [1.82, 2.24) is 0 Å². The molecule has 29 heavy (non-hydrogen) atoms. The first-order chi connectivity index (χ1) is 13.4. The second-order valence-electron chi connectivity index (χ2n) is 6.35. The summed E-state index contributed by atoms with van der Waals surface area (Å²) in [6, 6.07) is 9.61. The molecule has 0 aliphatic heterocycles. The Bertz CT molecular complexity index is 1360. The Kier molecular flexibility index (Phi) is 5.17. The van der Waals surface area contributed by atoms with Crippen molar-refractivity contribution in [3.63, 3.8) is 0 Å². The van der Waals surface area contributed by atoms with E-state index in [1.54, 1.807) is 26.0 Å². The van der Waals surface area contributed by atoms with Gasteiger partial charge in [-0.15, -0.1) is 10.2 Å². The normalized spacial score (nSPS) is 12.7. The van der Waals surface area contributed by atoms with Gasteiger partial charge in [0.25, 0.3) is 20.2 Å². The minimum absolute atomic E-state index is 0.000931. The molecule has 0 unspecified atom stereocenters. The van der Waals surface area contributed by atoms with Crippen molar-refractivity contribution in [2.45, 2.75) is 23.6 Å². The first kappa shape index (κ1) is 20.9. The average Bonchev–Trinajstić information content (AvgIpc) is 2.60. The fourth-order valence-electron chi connectivity index (χ4n) is 2.85. The maximum absolute atomic E-state index is 11.7. The fourth-order valence-corrected chi connectivity index (χ4v) is 3.98. The van der Waals surface area contributed by atoms with Crippen LogP contribution in [0.1, 0.15) is 11.1 Å². The van der Waals surface area contributed by atoms with Crippen molar-refractivity contribution >= 4 is 42.4 Å². The van der Waals surface area contributed by atoms with Gasteiger partial charge in [0.05, 0.1) is 10.6 Å². The SMILES string of the molecule is Cc1cccc(C)c1N=Nc1c(O)c(S(=O)(=O)O)cc2cc(S(=O)(=O)O)ccc12. The molecule has 0 saturated carbocycles. The molecule has 0 aliphatic carbocycles. The molecule has 11 heteroatoms. The van der Waals surface area contributed by atoms with Crippen LogP contribution in [0.5, 0.6) is 5.75 Å². The summed E-state index contributed by atoms with van der Waals surface area (Å²) in [5.74, 6) is -0.838. The Labute approximate surface area is 166 Å². The monoisotopic (exact) mass is 436 g/mol. The van der Waals surface area contributed by atoms with Gasteiger partial charge in [0.2, 0.25) is 0 Å². The van der Waals surface area contributed by atoms with Gasteiger partial charge in [-0.2, -0.15) is 16.8 Å². The van der Waals surface area contributed by atoms with E-state index < -0.39 is 35.8 Å². The second kappa shape index (κ2) is 7.19. The molecule has 0 amide bonds. The highest BCUT2D eigenvalue weighted by Crippen LogP contribution is 2.42. The molecule has 3 aromatic carbocycles. The van der Waals surface area contributed by atoms with Gasteiger partial charge in [0.1, 0.15) is 10.6 Å². The molecule has 0 saturated heterocycles. The number of phenols is 1. The highest BCUT2D eigenvalue weighted by Gasteiger charge is 2.23. The number of nitrogens with zero attached hydrogens (tertiary/aromatic N) is 2. The van der Waals surface area contributed by atoms with Crippen LogP contribution >= 0.6 is 0 Å². The Morgan fingerprint density at radius 1 is 0.793 bits per heavy atom. The molecule has 0 bridgehead atoms. The Balaban J connectivity index is 2.35. The topological polar surface area (TPSA) is 154 Å². The molecule has 0 radical (unpaired) electrons. The summed E-state index contributed by atoms with van der Waals surface area (Å²) in [5, 5.41) is 18.7. The first-order valence-corrected chi connectivity index (χ1v) is 11.0. The van der Waals surface area contributed by atoms with Gasteiger partial charge >= 0.3 is 0 Å². The lowest BCUT2D eigenvalue weighted by Gasteiger charge is -2.10. The summed E-state index contributed by atoms with van der Waals surface area (Å²) in [6.07, 6.45) is 0. The first-order valence-electron chi connectivity index (χ1n) is 8.12. The number of azo groups is 1. The predicted octanol–water partition coefficient (Wildman–Crippen LogP) is 4.07. The van der Waals surface area contributed by atoms with Crippen molar-refractivity contribution in [1.29, 1.82) is 0 Å². The van der Waals surface area contributed by atoms with Gasteiger partial charge in [-0.3, -0.25) is 9.11 Å². The maximum Gasteiger partial charge on any atom is 0.298 e. The zero-order valence-corrected chi connectivity index (χ0v) is 16.9. The summed E-state index contributed by atoms with van der Waals surface area (Å²) < 4.78 is 64.8.